The molecule has 0 spiro atoms. The molecule has 4 heterocycles. The molecule has 0 radical (unpaired) electrons. The predicted molar refractivity (Wildman–Crippen MR) is 182 cm³/mol. The summed E-state index contributed by atoms with van der Waals surface area (Å²) in [7, 11) is -2.49. The first-order valence-corrected chi connectivity index (χ1v) is 17.2. The number of hydrogen-bond donors (Lipinski definition) is 4. The van der Waals surface area contributed by atoms with E-state index in [2.05, 4.69) is 10.6 Å². The number of likely N-dealkylation sites (tertiary alicyclic amines) is 1. The van der Waals surface area contributed by atoms with E-state index < -0.39 is 86.0 Å². The minimum atomic E-state index is -4.69. The van der Waals surface area contributed by atoms with Gasteiger partial charge in [0, 0.05) is 36.6 Å². The quantitative estimate of drug-likeness (QED) is 0.169. The van der Waals surface area contributed by atoms with Crippen LogP contribution < -0.4 is 21.6 Å². The molecule has 4 aliphatic rings. The first-order chi connectivity index (χ1) is 26.2. The summed E-state index contributed by atoms with van der Waals surface area (Å²) in [4.78, 5) is 84.9. The second-order valence-corrected chi connectivity index (χ2v) is 13.5. The van der Waals surface area contributed by atoms with Crippen LogP contribution in [0.25, 0.3) is 0 Å². The third-order valence-electron chi connectivity index (χ3n) is 9.85. The number of alkyl halides is 3. The standard InChI is InChI=1S/C35H31B2F3N4O11/c38-35(39,40)23-7-5-18(6-8-23)27(14-31(47)55-44-29(45)9-10-30(44)46)42-33(49)28-13-24(41-32(48)19-1-3-21-16-53-36(51)25(21)11-19)15-43(28)34(50)20-2-4-22-17-54-37(52)26(22)12-20/h1-8,11-12,24,27-28,51-52H,9-10,13-17H2,(H,41,48)(H,42,49)/t24-,27+,28+/m1/s1. The number of amides is 5. The number of hydroxylamine groups is 2. The van der Waals surface area contributed by atoms with Gasteiger partial charge < -0.3 is 39.7 Å². The maximum atomic E-state index is 14.2. The van der Waals surface area contributed by atoms with Gasteiger partial charge in [-0.1, -0.05) is 24.3 Å². The molecule has 0 aliphatic carbocycles. The first kappa shape index (κ1) is 37.7. The van der Waals surface area contributed by atoms with Gasteiger partial charge in [0.15, 0.2) is 0 Å². The average Bonchev–Trinajstić information content (AvgIpc) is 3.93. The fourth-order valence-electron chi connectivity index (χ4n) is 6.94. The van der Waals surface area contributed by atoms with Gasteiger partial charge in [0.05, 0.1) is 31.2 Å². The monoisotopic (exact) mass is 762 g/mol. The molecule has 5 amide bonds. The molecule has 3 atom stereocenters. The maximum absolute atomic E-state index is 14.2. The zero-order chi connectivity index (χ0) is 39.2. The van der Waals surface area contributed by atoms with E-state index in [1.807, 2.05) is 0 Å². The Morgan fingerprint density at radius 3 is 2.05 bits per heavy atom. The predicted octanol–water partition coefficient (Wildman–Crippen LogP) is 0.00870. The Bertz CT molecular complexity index is 2070. The number of rotatable bonds is 9. The van der Waals surface area contributed by atoms with Gasteiger partial charge in [-0.15, -0.1) is 5.06 Å². The normalized spacial score (nSPS) is 19.7. The van der Waals surface area contributed by atoms with E-state index in [0.29, 0.717) is 27.1 Å². The minimum absolute atomic E-state index is 0.0356. The molecule has 55 heavy (non-hydrogen) atoms. The van der Waals surface area contributed by atoms with Crippen LogP contribution in [-0.2, 0) is 52.7 Å². The van der Waals surface area contributed by atoms with Crippen LogP contribution in [0.2, 0.25) is 0 Å². The molecule has 20 heteroatoms. The van der Waals surface area contributed by atoms with E-state index in [1.54, 1.807) is 12.1 Å². The summed E-state index contributed by atoms with van der Waals surface area (Å²) in [6.07, 6.45) is -5.94. The van der Waals surface area contributed by atoms with Crippen LogP contribution in [-0.4, -0.2) is 88.4 Å². The molecule has 0 saturated carbocycles. The molecule has 3 aromatic rings. The number of carbonyl (C=O) groups is 6. The Kier molecular flexibility index (Phi) is 10.2. The van der Waals surface area contributed by atoms with Crippen LogP contribution >= 0.6 is 0 Å². The molecule has 4 N–H and O–H groups in total. The van der Waals surface area contributed by atoms with E-state index in [1.165, 1.54) is 29.2 Å². The number of carbonyl (C=O) groups excluding carboxylic acids is 6. The van der Waals surface area contributed by atoms with Crippen LogP contribution in [0.4, 0.5) is 13.2 Å². The van der Waals surface area contributed by atoms with Crippen LogP contribution in [0.3, 0.4) is 0 Å². The largest absolute Gasteiger partial charge is 0.491 e. The van der Waals surface area contributed by atoms with Crippen molar-refractivity contribution < 1.29 is 66.1 Å². The molecule has 284 valence electrons. The molecule has 7 rings (SSSR count). The van der Waals surface area contributed by atoms with Crippen LogP contribution in [0.15, 0.2) is 60.7 Å². The summed E-state index contributed by atoms with van der Waals surface area (Å²) in [6, 6.07) is 9.25. The van der Waals surface area contributed by atoms with Gasteiger partial charge in [0.25, 0.3) is 23.6 Å². The summed E-state index contributed by atoms with van der Waals surface area (Å²) < 4.78 is 50.6. The number of nitrogens with one attached hydrogen (secondary N) is 2. The Morgan fingerprint density at radius 2 is 1.45 bits per heavy atom. The van der Waals surface area contributed by atoms with Gasteiger partial charge in [-0.05, 0) is 70.4 Å². The second kappa shape index (κ2) is 14.9. The summed E-state index contributed by atoms with van der Waals surface area (Å²) >= 11 is 0. The van der Waals surface area contributed by atoms with Crippen molar-refractivity contribution in [3.63, 3.8) is 0 Å². The smallest absolute Gasteiger partial charge is 0.423 e. The Balaban J connectivity index is 1.15. The fraction of sp³-hybridized carbons (Fsp3) is 0.314. The second-order valence-electron chi connectivity index (χ2n) is 13.5. The highest BCUT2D eigenvalue weighted by atomic mass is 19.4. The highest BCUT2D eigenvalue weighted by molar-refractivity contribution is 6.62. The first-order valence-electron chi connectivity index (χ1n) is 17.2. The van der Waals surface area contributed by atoms with Crippen LogP contribution in [0.5, 0.6) is 0 Å². The van der Waals surface area contributed by atoms with Crippen molar-refractivity contribution in [2.45, 2.75) is 63.2 Å². The number of benzene rings is 3. The van der Waals surface area contributed by atoms with Crippen molar-refractivity contribution in [3.05, 3.63) is 94.0 Å². The number of imide groups is 1. The summed E-state index contributed by atoms with van der Waals surface area (Å²) in [5.74, 6) is -4.77. The van der Waals surface area contributed by atoms with E-state index >= 15 is 0 Å². The zero-order valence-corrected chi connectivity index (χ0v) is 28.7. The van der Waals surface area contributed by atoms with Gasteiger partial charge in [-0.3, -0.25) is 24.0 Å². The zero-order valence-electron chi connectivity index (χ0n) is 28.7. The molecular formula is C35H31B2F3N4O11. The molecule has 2 saturated heterocycles. The minimum Gasteiger partial charge on any atom is -0.423 e. The molecule has 3 aromatic carbocycles. The third kappa shape index (κ3) is 7.84. The van der Waals surface area contributed by atoms with Gasteiger partial charge >= 0.3 is 26.4 Å². The van der Waals surface area contributed by atoms with E-state index in [0.717, 1.165) is 24.3 Å². The number of hydrogen-bond acceptors (Lipinski definition) is 11. The Hall–Kier alpha value is -5.56. The summed E-state index contributed by atoms with van der Waals surface area (Å²) in [5, 5.41) is 26.1. The Morgan fingerprint density at radius 1 is 0.873 bits per heavy atom. The molecule has 0 aromatic heterocycles. The SMILES string of the molecule is O=C(C[C@H](NC(=O)[C@@H]1C[C@@H](NC(=O)c2ccc3c(c2)B(O)OC3)CN1C(=O)c1ccc2c(c1)B(O)OC2)c1ccc(C(F)(F)F)cc1)ON1C(=O)CCC1=O. The molecule has 2 fully saturated rings. The lowest BCUT2D eigenvalue weighted by atomic mass is 9.78. The Labute approximate surface area is 310 Å². The van der Waals surface area contributed by atoms with Gasteiger partial charge in [0.2, 0.25) is 5.91 Å². The van der Waals surface area contributed by atoms with Crippen molar-refractivity contribution in [1.29, 1.82) is 0 Å². The lowest BCUT2D eigenvalue weighted by molar-refractivity contribution is -0.197. The highest BCUT2D eigenvalue weighted by Gasteiger charge is 2.43. The number of halogens is 3. The van der Waals surface area contributed by atoms with Crippen molar-refractivity contribution in [2.24, 2.45) is 0 Å². The lowest BCUT2D eigenvalue weighted by Gasteiger charge is -2.27. The molecule has 15 nitrogen and oxygen atoms in total. The van der Waals surface area contributed by atoms with Crippen molar-refractivity contribution in [3.8, 4) is 0 Å². The van der Waals surface area contributed by atoms with Crippen LogP contribution in [0.1, 0.15) is 74.7 Å². The lowest BCUT2D eigenvalue weighted by Crippen LogP contribution is -2.47. The van der Waals surface area contributed by atoms with Crippen LogP contribution in [0, 0.1) is 0 Å². The summed E-state index contributed by atoms with van der Waals surface area (Å²) in [5.41, 5.74) is 1.43. The van der Waals surface area contributed by atoms with Gasteiger partial charge in [0.1, 0.15) is 6.04 Å². The maximum Gasteiger partial charge on any atom is 0.491 e. The van der Waals surface area contributed by atoms with Gasteiger partial charge in [-0.2, -0.15) is 13.2 Å². The molecule has 4 aliphatic heterocycles. The fourth-order valence-corrected chi connectivity index (χ4v) is 6.94. The van der Waals surface area contributed by atoms with Gasteiger partial charge in [-0.25, -0.2) is 4.79 Å². The van der Waals surface area contributed by atoms with E-state index in [9.17, 15) is 52.0 Å². The van der Waals surface area contributed by atoms with Crippen molar-refractivity contribution in [2.75, 3.05) is 6.54 Å². The average molecular weight is 762 g/mol. The van der Waals surface area contributed by atoms with E-state index in [4.69, 9.17) is 14.1 Å². The number of fused-ring (bicyclic) bond motifs is 2. The third-order valence-corrected chi connectivity index (χ3v) is 9.85. The van der Waals surface area contributed by atoms with Crippen molar-refractivity contribution in [1.82, 2.24) is 20.6 Å². The molecular weight excluding hydrogens is 731 g/mol. The topological polar surface area (TPSA) is 201 Å². The van der Waals surface area contributed by atoms with E-state index in [-0.39, 0.29) is 55.7 Å². The molecule has 0 bridgehead atoms. The number of nitrogens with zero attached hydrogens (tertiary/aromatic N) is 2. The van der Waals surface area contributed by atoms with Crippen molar-refractivity contribution >= 4 is 60.7 Å². The highest BCUT2D eigenvalue weighted by Crippen LogP contribution is 2.31. The molecule has 0 unspecified atom stereocenters. The summed E-state index contributed by atoms with van der Waals surface area (Å²) in [6.45, 7) is 0.107.